The third-order valence-corrected chi connectivity index (χ3v) is 5.17. The Balaban J connectivity index is 1.52. The van der Waals surface area contributed by atoms with E-state index in [9.17, 15) is 8.78 Å². The molecule has 0 saturated heterocycles. The standard InChI is InChI=1S/C21H22ClF2N5/c1-21(23,24)13-29-10-9-14-11-15(3-4-16(14)12-29)19-26-20(28(2)27-19)25-18-7-5-17(22)6-8-18/h3-8,11H,9-10,12-13H2,1-2H3,(H,25,26,27). The number of rotatable bonds is 5. The van der Waals surface area contributed by atoms with Gasteiger partial charge in [-0.15, -0.1) is 5.10 Å². The fourth-order valence-corrected chi connectivity index (χ4v) is 3.68. The van der Waals surface area contributed by atoms with Gasteiger partial charge in [0.05, 0.1) is 6.54 Å². The summed E-state index contributed by atoms with van der Waals surface area (Å²) in [7, 11) is 1.83. The van der Waals surface area contributed by atoms with Gasteiger partial charge in [0.25, 0.3) is 5.92 Å². The van der Waals surface area contributed by atoms with Crippen molar-refractivity contribution in [3.63, 3.8) is 0 Å². The first-order chi connectivity index (χ1) is 13.8. The lowest BCUT2D eigenvalue weighted by molar-refractivity contribution is -0.0178. The summed E-state index contributed by atoms with van der Waals surface area (Å²) in [5.41, 5.74) is 4.03. The first-order valence-corrected chi connectivity index (χ1v) is 9.81. The van der Waals surface area contributed by atoms with E-state index in [1.165, 1.54) is 0 Å². The summed E-state index contributed by atoms with van der Waals surface area (Å²) in [6, 6.07) is 13.4. The summed E-state index contributed by atoms with van der Waals surface area (Å²) in [6.07, 6.45) is 0.738. The molecule has 0 radical (unpaired) electrons. The van der Waals surface area contributed by atoms with Gasteiger partial charge in [-0.2, -0.15) is 4.98 Å². The van der Waals surface area contributed by atoms with Crippen molar-refractivity contribution < 1.29 is 8.78 Å². The van der Waals surface area contributed by atoms with E-state index in [1.807, 2.05) is 43.4 Å². The van der Waals surface area contributed by atoms with Gasteiger partial charge in [0.2, 0.25) is 5.95 Å². The summed E-state index contributed by atoms with van der Waals surface area (Å²) in [5.74, 6) is -1.44. The van der Waals surface area contributed by atoms with E-state index in [-0.39, 0.29) is 6.54 Å². The van der Waals surface area contributed by atoms with Gasteiger partial charge in [0.1, 0.15) is 0 Å². The van der Waals surface area contributed by atoms with Crippen LogP contribution >= 0.6 is 11.6 Å². The van der Waals surface area contributed by atoms with Crippen molar-refractivity contribution in [2.24, 2.45) is 7.05 Å². The number of hydrogen-bond acceptors (Lipinski definition) is 4. The average molecular weight is 418 g/mol. The first kappa shape index (κ1) is 19.8. The van der Waals surface area contributed by atoms with E-state index in [1.54, 1.807) is 9.58 Å². The predicted molar refractivity (Wildman–Crippen MR) is 111 cm³/mol. The average Bonchev–Trinajstić information content (AvgIpc) is 3.02. The van der Waals surface area contributed by atoms with E-state index in [4.69, 9.17) is 11.6 Å². The molecule has 1 aliphatic rings. The van der Waals surface area contributed by atoms with Crippen LogP contribution in [0.1, 0.15) is 18.1 Å². The van der Waals surface area contributed by atoms with Gasteiger partial charge >= 0.3 is 0 Å². The molecule has 2 aromatic carbocycles. The van der Waals surface area contributed by atoms with Gasteiger partial charge in [-0.3, -0.25) is 4.90 Å². The second-order valence-corrected chi connectivity index (χ2v) is 7.97. The smallest absolute Gasteiger partial charge is 0.257 e. The highest BCUT2D eigenvalue weighted by molar-refractivity contribution is 6.30. The Morgan fingerprint density at radius 1 is 1.14 bits per heavy atom. The number of benzene rings is 2. The molecule has 1 N–H and O–H groups in total. The van der Waals surface area contributed by atoms with E-state index in [0.717, 1.165) is 35.7 Å². The van der Waals surface area contributed by atoms with Crippen LogP contribution < -0.4 is 5.32 Å². The minimum absolute atomic E-state index is 0.213. The molecule has 0 saturated carbocycles. The van der Waals surface area contributed by atoms with E-state index < -0.39 is 5.92 Å². The Hall–Kier alpha value is -2.51. The second-order valence-electron chi connectivity index (χ2n) is 7.53. The highest BCUT2D eigenvalue weighted by atomic mass is 35.5. The topological polar surface area (TPSA) is 46.0 Å². The molecule has 2 heterocycles. The van der Waals surface area contributed by atoms with Crippen molar-refractivity contribution in [1.82, 2.24) is 19.7 Å². The van der Waals surface area contributed by atoms with Crippen LogP contribution in [0, 0.1) is 0 Å². The van der Waals surface area contributed by atoms with E-state index in [2.05, 4.69) is 21.5 Å². The second kappa shape index (κ2) is 7.72. The number of aromatic nitrogens is 3. The van der Waals surface area contributed by atoms with Crippen molar-refractivity contribution in [3.05, 3.63) is 58.6 Å². The third kappa shape index (κ3) is 4.74. The molecule has 1 aliphatic heterocycles. The van der Waals surface area contributed by atoms with Gasteiger partial charge in [-0.05, 0) is 47.9 Å². The predicted octanol–water partition coefficient (Wildman–Crippen LogP) is 4.89. The lowest BCUT2D eigenvalue weighted by atomic mass is 9.97. The number of fused-ring (bicyclic) bond motifs is 1. The maximum Gasteiger partial charge on any atom is 0.257 e. The molecular formula is C21H22ClF2N5. The van der Waals surface area contributed by atoms with E-state index in [0.29, 0.717) is 29.9 Å². The van der Waals surface area contributed by atoms with Crippen LogP contribution in [0.5, 0.6) is 0 Å². The van der Waals surface area contributed by atoms with Crippen molar-refractivity contribution in [2.75, 3.05) is 18.4 Å². The Kier molecular flexibility index (Phi) is 5.27. The van der Waals surface area contributed by atoms with Crippen molar-refractivity contribution in [2.45, 2.75) is 25.8 Å². The quantitative estimate of drug-likeness (QED) is 0.641. The molecule has 1 aromatic heterocycles. The van der Waals surface area contributed by atoms with Crippen LogP contribution in [-0.4, -0.2) is 38.7 Å². The maximum atomic E-state index is 13.3. The van der Waals surface area contributed by atoms with Crippen LogP contribution in [-0.2, 0) is 20.0 Å². The van der Waals surface area contributed by atoms with Crippen LogP contribution in [0.15, 0.2) is 42.5 Å². The molecule has 0 amide bonds. The minimum atomic E-state index is -2.68. The summed E-state index contributed by atoms with van der Waals surface area (Å²) < 4.78 is 28.3. The SMILES string of the molecule is Cn1nc(-c2ccc3c(c2)CCN(CC(C)(F)F)C3)nc1Nc1ccc(Cl)cc1. The third-order valence-electron chi connectivity index (χ3n) is 4.92. The molecule has 3 aromatic rings. The Bertz CT molecular complexity index is 1010. The highest BCUT2D eigenvalue weighted by Gasteiger charge is 2.27. The number of nitrogens with zero attached hydrogens (tertiary/aromatic N) is 4. The lowest BCUT2D eigenvalue weighted by Gasteiger charge is -2.30. The number of halogens is 3. The number of alkyl halides is 2. The van der Waals surface area contributed by atoms with E-state index >= 15 is 0 Å². The van der Waals surface area contributed by atoms with Crippen LogP contribution in [0.3, 0.4) is 0 Å². The lowest BCUT2D eigenvalue weighted by Crippen LogP contribution is -2.38. The number of aryl methyl sites for hydroxylation is 1. The van der Waals surface area contributed by atoms with Gasteiger partial charge in [0.15, 0.2) is 5.82 Å². The molecule has 152 valence electrons. The molecule has 4 rings (SSSR count). The molecule has 0 atom stereocenters. The normalized spacial score (nSPS) is 14.7. The highest BCUT2D eigenvalue weighted by Crippen LogP contribution is 2.27. The Morgan fingerprint density at radius 3 is 2.62 bits per heavy atom. The summed E-state index contributed by atoms with van der Waals surface area (Å²) in [5, 5.41) is 8.42. The zero-order valence-electron chi connectivity index (χ0n) is 16.3. The largest absolute Gasteiger partial charge is 0.324 e. The summed E-state index contributed by atoms with van der Waals surface area (Å²) >= 11 is 5.93. The minimum Gasteiger partial charge on any atom is -0.324 e. The van der Waals surface area contributed by atoms with Crippen LogP contribution in [0.2, 0.25) is 5.02 Å². The fraction of sp³-hybridized carbons (Fsp3) is 0.333. The molecule has 0 bridgehead atoms. The molecule has 0 fully saturated rings. The summed E-state index contributed by atoms with van der Waals surface area (Å²) in [6.45, 7) is 1.92. The molecule has 0 unspecified atom stereocenters. The molecule has 29 heavy (non-hydrogen) atoms. The van der Waals surface area contributed by atoms with Gasteiger partial charge in [-0.1, -0.05) is 23.7 Å². The maximum absolute atomic E-state index is 13.3. The van der Waals surface area contributed by atoms with Gasteiger partial charge in [0, 0.05) is 43.3 Å². The molecule has 8 heteroatoms. The Labute approximate surface area is 173 Å². The molecular weight excluding hydrogens is 396 g/mol. The number of nitrogens with one attached hydrogen (secondary N) is 1. The zero-order chi connectivity index (χ0) is 20.6. The Morgan fingerprint density at radius 2 is 1.90 bits per heavy atom. The first-order valence-electron chi connectivity index (χ1n) is 9.43. The van der Waals surface area contributed by atoms with Crippen LogP contribution in [0.25, 0.3) is 11.4 Å². The van der Waals surface area contributed by atoms with Crippen LogP contribution in [0.4, 0.5) is 20.4 Å². The summed E-state index contributed by atoms with van der Waals surface area (Å²) in [4.78, 5) is 6.41. The zero-order valence-corrected chi connectivity index (χ0v) is 17.0. The van der Waals surface area contributed by atoms with Crippen molar-refractivity contribution in [1.29, 1.82) is 0 Å². The van der Waals surface area contributed by atoms with Crippen molar-refractivity contribution in [3.8, 4) is 11.4 Å². The molecule has 5 nitrogen and oxygen atoms in total. The van der Waals surface area contributed by atoms with Gasteiger partial charge < -0.3 is 5.32 Å². The van der Waals surface area contributed by atoms with Crippen molar-refractivity contribution >= 4 is 23.2 Å². The monoisotopic (exact) mass is 417 g/mol. The fourth-order valence-electron chi connectivity index (χ4n) is 3.56. The molecule has 0 spiro atoms. The number of hydrogen-bond donors (Lipinski definition) is 1. The molecule has 0 aliphatic carbocycles. The number of anilines is 2. The van der Waals surface area contributed by atoms with Gasteiger partial charge in [-0.25, -0.2) is 13.5 Å².